The molecule has 0 unspecified atom stereocenters. The normalized spacial score (nSPS) is 10.9. The molecule has 2 heterocycles. The van der Waals surface area contributed by atoms with Gasteiger partial charge in [-0.05, 0) is 38.4 Å². The predicted octanol–water partition coefficient (Wildman–Crippen LogP) is 3.75. The number of aromatic nitrogens is 4. The number of anilines is 3. The number of carbonyl (C=O) groups excluding carboxylic acids is 1. The molecule has 186 valence electrons. The topological polar surface area (TPSA) is 106 Å². The van der Waals surface area contributed by atoms with E-state index in [1.807, 2.05) is 19.0 Å². The number of hydrogen-bond donors (Lipinski definition) is 2. The van der Waals surface area contributed by atoms with Crippen LogP contribution in [0.15, 0.2) is 61.4 Å². The molecule has 0 saturated heterocycles. The summed E-state index contributed by atoms with van der Waals surface area (Å²) < 4.78 is 26.8. The van der Waals surface area contributed by atoms with Crippen LogP contribution in [0.3, 0.4) is 0 Å². The van der Waals surface area contributed by atoms with Crippen LogP contribution in [0.4, 0.5) is 21.7 Å². The van der Waals surface area contributed by atoms with Gasteiger partial charge in [0.15, 0.2) is 5.65 Å². The van der Waals surface area contributed by atoms with Crippen molar-refractivity contribution in [3.05, 3.63) is 67.3 Å². The van der Waals surface area contributed by atoms with Crippen molar-refractivity contribution in [1.82, 2.24) is 24.5 Å². The smallest absolute Gasteiger partial charge is 0.247 e. The SMILES string of the molecule is C=CC(=O)Nc1cc(Nc2ncc3ncc(-c4cccc(F)c4)n3n2)c(OC)cc1OCCN(C)C. The van der Waals surface area contributed by atoms with Gasteiger partial charge in [-0.25, -0.2) is 18.9 Å². The highest BCUT2D eigenvalue weighted by Gasteiger charge is 2.16. The zero-order chi connectivity index (χ0) is 25.7. The van der Waals surface area contributed by atoms with E-state index in [0.29, 0.717) is 52.9 Å². The molecule has 4 rings (SSSR count). The molecule has 0 aliphatic carbocycles. The molecule has 36 heavy (non-hydrogen) atoms. The lowest BCUT2D eigenvalue weighted by Crippen LogP contribution is -2.20. The molecule has 2 N–H and O–H groups in total. The van der Waals surface area contributed by atoms with Crippen LogP contribution in [0.5, 0.6) is 11.5 Å². The second-order valence-corrected chi connectivity index (χ2v) is 8.02. The van der Waals surface area contributed by atoms with Gasteiger partial charge in [0, 0.05) is 18.2 Å². The summed E-state index contributed by atoms with van der Waals surface area (Å²) in [7, 11) is 5.40. The van der Waals surface area contributed by atoms with E-state index < -0.39 is 0 Å². The Morgan fingerprint density at radius 1 is 1.17 bits per heavy atom. The maximum atomic E-state index is 13.8. The highest BCUT2D eigenvalue weighted by molar-refractivity contribution is 6.00. The van der Waals surface area contributed by atoms with E-state index in [2.05, 4.69) is 32.3 Å². The van der Waals surface area contributed by atoms with Gasteiger partial charge in [0.25, 0.3) is 0 Å². The number of nitrogens with zero attached hydrogens (tertiary/aromatic N) is 5. The van der Waals surface area contributed by atoms with Crippen LogP contribution in [0.2, 0.25) is 0 Å². The van der Waals surface area contributed by atoms with Gasteiger partial charge in [-0.15, -0.1) is 5.10 Å². The first-order valence-electron chi connectivity index (χ1n) is 11.0. The van der Waals surface area contributed by atoms with E-state index >= 15 is 0 Å². The summed E-state index contributed by atoms with van der Waals surface area (Å²) in [5, 5.41) is 10.4. The Morgan fingerprint density at radius 2 is 2.00 bits per heavy atom. The lowest BCUT2D eigenvalue weighted by molar-refractivity contribution is -0.111. The van der Waals surface area contributed by atoms with Crippen molar-refractivity contribution < 1.29 is 18.7 Å². The lowest BCUT2D eigenvalue weighted by Gasteiger charge is -2.18. The molecule has 0 spiro atoms. The maximum absolute atomic E-state index is 13.8. The molecule has 0 aliphatic rings. The van der Waals surface area contributed by atoms with Crippen molar-refractivity contribution in [2.45, 2.75) is 0 Å². The molecule has 2 aromatic carbocycles. The number of methoxy groups -OCH3 is 1. The van der Waals surface area contributed by atoms with Gasteiger partial charge < -0.3 is 25.0 Å². The van der Waals surface area contributed by atoms with Crippen LogP contribution in [0, 0.1) is 5.82 Å². The zero-order valence-corrected chi connectivity index (χ0v) is 20.2. The highest BCUT2D eigenvalue weighted by Crippen LogP contribution is 2.37. The quantitative estimate of drug-likeness (QED) is 0.323. The fourth-order valence-electron chi connectivity index (χ4n) is 3.38. The molecule has 0 radical (unpaired) electrons. The third kappa shape index (κ3) is 5.58. The fraction of sp³-hybridized carbons (Fsp3) is 0.200. The van der Waals surface area contributed by atoms with Crippen molar-refractivity contribution in [1.29, 1.82) is 0 Å². The average molecular weight is 492 g/mol. The van der Waals surface area contributed by atoms with Crippen molar-refractivity contribution in [3.63, 3.8) is 0 Å². The highest BCUT2D eigenvalue weighted by atomic mass is 19.1. The van der Waals surface area contributed by atoms with Crippen LogP contribution >= 0.6 is 0 Å². The van der Waals surface area contributed by atoms with Crippen LogP contribution in [0.25, 0.3) is 16.9 Å². The molecule has 0 fully saturated rings. The second-order valence-electron chi connectivity index (χ2n) is 8.02. The van der Waals surface area contributed by atoms with Gasteiger partial charge in [0.05, 0.1) is 36.6 Å². The first-order valence-corrected chi connectivity index (χ1v) is 11.0. The van der Waals surface area contributed by atoms with Crippen LogP contribution in [-0.4, -0.2) is 64.7 Å². The Balaban J connectivity index is 1.69. The van der Waals surface area contributed by atoms with Crippen molar-refractivity contribution in [2.24, 2.45) is 0 Å². The molecule has 0 aliphatic heterocycles. The number of amides is 1. The van der Waals surface area contributed by atoms with Gasteiger partial charge in [0.1, 0.15) is 23.9 Å². The Morgan fingerprint density at radius 3 is 2.72 bits per heavy atom. The minimum atomic E-state index is -0.389. The van der Waals surface area contributed by atoms with E-state index in [9.17, 15) is 9.18 Å². The van der Waals surface area contributed by atoms with Gasteiger partial charge >= 0.3 is 0 Å². The number of fused-ring (bicyclic) bond motifs is 1. The second kappa shape index (κ2) is 10.8. The van der Waals surface area contributed by atoms with E-state index in [-0.39, 0.29) is 17.7 Å². The first-order chi connectivity index (χ1) is 17.4. The van der Waals surface area contributed by atoms with Crippen LogP contribution in [-0.2, 0) is 4.79 Å². The zero-order valence-electron chi connectivity index (χ0n) is 20.2. The monoisotopic (exact) mass is 491 g/mol. The van der Waals surface area contributed by atoms with Crippen LogP contribution < -0.4 is 20.1 Å². The summed E-state index contributed by atoms with van der Waals surface area (Å²) in [4.78, 5) is 22.7. The minimum absolute atomic E-state index is 0.235. The molecule has 0 saturated carbocycles. The lowest BCUT2D eigenvalue weighted by atomic mass is 10.2. The summed E-state index contributed by atoms with van der Waals surface area (Å²) in [6, 6.07) is 9.51. The number of halogens is 1. The van der Waals surface area contributed by atoms with Crippen molar-refractivity contribution in [3.8, 4) is 22.8 Å². The molecule has 11 heteroatoms. The summed E-state index contributed by atoms with van der Waals surface area (Å²) in [6.45, 7) is 4.60. The largest absolute Gasteiger partial charge is 0.494 e. The van der Waals surface area contributed by atoms with Crippen LogP contribution in [0.1, 0.15) is 0 Å². The molecule has 1 amide bonds. The molecular weight excluding hydrogens is 465 g/mol. The number of rotatable bonds is 10. The Hall–Kier alpha value is -4.51. The molecule has 10 nitrogen and oxygen atoms in total. The van der Waals surface area contributed by atoms with Crippen molar-refractivity contribution >= 4 is 28.9 Å². The van der Waals surface area contributed by atoms with Gasteiger partial charge in [-0.3, -0.25) is 4.79 Å². The van der Waals surface area contributed by atoms with E-state index in [1.54, 1.807) is 41.2 Å². The molecule has 0 bridgehead atoms. The average Bonchev–Trinajstić information content (AvgIpc) is 3.28. The number of likely N-dealkylation sites (N-methyl/N-ethyl adjacent to an activating group) is 1. The predicted molar refractivity (Wildman–Crippen MR) is 135 cm³/mol. The molecule has 2 aromatic heterocycles. The number of hydrogen-bond acceptors (Lipinski definition) is 8. The maximum Gasteiger partial charge on any atom is 0.247 e. The number of nitrogens with one attached hydrogen (secondary N) is 2. The Kier molecular flexibility index (Phi) is 7.40. The summed E-state index contributed by atoms with van der Waals surface area (Å²) in [5.74, 6) is 0.375. The van der Waals surface area contributed by atoms with E-state index in [0.717, 1.165) is 0 Å². The first kappa shape index (κ1) is 24.6. The van der Waals surface area contributed by atoms with E-state index in [1.165, 1.54) is 25.3 Å². The summed E-state index contributed by atoms with van der Waals surface area (Å²) >= 11 is 0. The molecular formula is C25H26FN7O3. The summed E-state index contributed by atoms with van der Waals surface area (Å²) in [6.07, 6.45) is 4.32. The third-order valence-electron chi connectivity index (χ3n) is 5.17. The van der Waals surface area contributed by atoms with Gasteiger partial charge in [0.2, 0.25) is 11.9 Å². The Labute approximate surface area is 207 Å². The standard InChI is InChI=1S/C25H26FN7O3/c1-5-24(34)29-19-12-18(21(35-4)13-22(19)36-10-9-32(2)3)30-25-28-15-23-27-14-20(33(23)31-25)16-7-6-8-17(26)11-16/h5-8,11-15H,1,9-10H2,2-4H3,(H,29,34)(H,30,31). The fourth-order valence-corrected chi connectivity index (χ4v) is 3.38. The van der Waals surface area contributed by atoms with Gasteiger partial charge in [-0.2, -0.15) is 0 Å². The number of benzene rings is 2. The number of carbonyl (C=O) groups is 1. The minimum Gasteiger partial charge on any atom is -0.494 e. The summed E-state index contributed by atoms with van der Waals surface area (Å²) in [5.41, 5.74) is 2.63. The van der Waals surface area contributed by atoms with Gasteiger partial charge in [-0.1, -0.05) is 18.7 Å². The van der Waals surface area contributed by atoms with E-state index in [4.69, 9.17) is 9.47 Å². The molecule has 0 atom stereocenters. The number of ether oxygens (including phenoxy) is 2. The third-order valence-corrected chi connectivity index (χ3v) is 5.17. The number of imidazole rings is 1. The molecule has 4 aromatic rings. The Bertz CT molecular complexity index is 1400. The van der Waals surface area contributed by atoms with Crippen molar-refractivity contribution in [2.75, 3.05) is 45.0 Å².